The van der Waals surface area contributed by atoms with Crippen LogP contribution in [0.3, 0.4) is 0 Å². The van der Waals surface area contributed by atoms with Crippen molar-refractivity contribution in [1.82, 2.24) is 0 Å². The number of phenolic OH excluding ortho intramolecular Hbond substituents is 2. The van der Waals surface area contributed by atoms with E-state index < -0.39 is 0 Å². The van der Waals surface area contributed by atoms with Crippen LogP contribution >= 0.6 is 12.4 Å². The van der Waals surface area contributed by atoms with E-state index in [1.54, 1.807) is 30.3 Å². The molecule has 0 heterocycles. The summed E-state index contributed by atoms with van der Waals surface area (Å²) in [6.07, 6.45) is 1.84. The minimum atomic E-state index is 0. The topological polar surface area (TPSA) is 136 Å². The first-order valence-corrected chi connectivity index (χ1v) is 6.45. The van der Waals surface area contributed by atoms with Crippen molar-refractivity contribution >= 4 is 24.9 Å². The van der Waals surface area contributed by atoms with Gasteiger partial charge in [0.05, 0.1) is 11.8 Å². The summed E-state index contributed by atoms with van der Waals surface area (Å²) in [6, 6.07) is 9.98. The van der Waals surface area contributed by atoms with Crippen molar-refractivity contribution in [2.75, 3.05) is 0 Å². The van der Waals surface area contributed by atoms with Gasteiger partial charge in [-0.05, 0) is 38.1 Å². The molecule has 0 aliphatic heterocycles. The number of benzene rings is 2. The average Bonchev–Trinajstić information content (AvgIpc) is 2.56. The van der Waals surface area contributed by atoms with Gasteiger partial charge < -0.3 is 20.6 Å². The van der Waals surface area contributed by atoms with Crippen LogP contribution in [0, 0.1) is 13.8 Å². The lowest BCUT2D eigenvalue weighted by Gasteiger charge is -1.97. The lowest BCUT2D eigenvalue weighted by molar-refractivity contribution is 0.112. The molecule has 24 heavy (non-hydrogen) atoms. The predicted molar refractivity (Wildman–Crippen MR) is 93.7 cm³/mol. The van der Waals surface area contributed by atoms with Crippen molar-refractivity contribution in [2.45, 2.75) is 13.8 Å². The number of carbonyl (C=O) groups excluding carboxylic acids is 1. The maximum atomic E-state index is 10.2. The van der Waals surface area contributed by atoms with E-state index in [9.17, 15) is 4.79 Å². The van der Waals surface area contributed by atoms with Crippen LogP contribution in [-0.2, 0) is 0 Å². The maximum Gasteiger partial charge on any atom is 0.153 e. The van der Waals surface area contributed by atoms with Crippen molar-refractivity contribution in [1.29, 1.82) is 0 Å². The number of hydrogen-bond donors (Lipinski definition) is 5. The summed E-state index contributed by atoms with van der Waals surface area (Å²) < 4.78 is 0. The number of phenols is 2. The van der Waals surface area contributed by atoms with Gasteiger partial charge in [-0.25, -0.2) is 5.90 Å². The second-order valence-electron chi connectivity index (χ2n) is 4.49. The molecule has 0 bridgehead atoms. The molecule has 7 nitrogen and oxygen atoms in total. The van der Waals surface area contributed by atoms with Gasteiger partial charge in [0.2, 0.25) is 0 Å². The van der Waals surface area contributed by atoms with Gasteiger partial charge in [-0.1, -0.05) is 28.4 Å². The van der Waals surface area contributed by atoms with Crippen LogP contribution in [0.4, 0.5) is 0 Å². The Bertz CT molecular complexity index is 663. The summed E-state index contributed by atoms with van der Waals surface area (Å²) >= 11 is 0. The molecule has 2 aromatic carbocycles. The van der Waals surface area contributed by atoms with E-state index in [0.717, 1.165) is 11.1 Å². The quantitative estimate of drug-likeness (QED) is 0.243. The second-order valence-corrected chi connectivity index (χ2v) is 4.49. The first-order valence-electron chi connectivity index (χ1n) is 6.45. The fraction of sp³-hybridized carbons (Fsp3) is 0.125. The fourth-order valence-corrected chi connectivity index (χ4v) is 1.61. The van der Waals surface area contributed by atoms with Crippen molar-refractivity contribution in [2.24, 2.45) is 11.1 Å². The Morgan fingerprint density at radius 3 is 1.71 bits per heavy atom. The normalized spacial score (nSPS) is 9.00. The van der Waals surface area contributed by atoms with Crippen LogP contribution < -0.4 is 5.90 Å². The first kappa shape index (κ1) is 23.7. The number of aryl methyl sites for hydroxylation is 2. The molecule has 0 radical (unpaired) electrons. The van der Waals surface area contributed by atoms with Crippen LogP contribution in [0.15, 0.2) is 41.6 Å². The first-order chi connectivity index (χ1) is 11.0. The molecule has 0 unspecified atom stereocenters. The molecule has 132 valence electrons. The highest BCUT2D eigenvalue weighted by Crippen LogP contribution is 2.16. The third-order valence-corrected chi connectivity index (χ3v) is 2.69. The van der Waals surface area contributed by atoms with E-state index in [2.05, 4.69) is 11.1 Å². The molecule has 0 amide bonds. The third kappa shape index (κ3) is 8.14. The van der Waals surface area contributed by atoms with E-state index in [1.165, 1.54) is 12.3 Å². The number of aromatic hydroxyl groups is 2. The highest BCUT2D eigenvalue weighted by molar-refractivity contribution is 5.85. The SMILES string of the molecule is Cc1ccc(O)c(C=NO)c1.Cc1ccc(O)c(C=O)c1.Cl.NO. The summed E-state index contributed by atoms with van der Waals surface area (Å²) in [6.45, 7) is 3.76. The Labute approximate surface area is 146 Å². The monoisotopic (exact) mass is 356 g/mol. The van der Waals surface area contributed by atoms with Gasteiger partial charge in [0.15, 0.2) is 6.29 Å². The van der Waals surface area contributed by atoms with Gasteiger partial charge in [-0.3, -0.25) is 4.79 Å². The third-order valence-electron chi connectivity index (χ3n) is 2.69. The minimum absolute atomic E-state index is 0. The van der Waals surface area contributed by atoms with Gasteiger partial charge in [-0.2, -0.15) is 0 Å². The molecule has 0 spiro atoms. The van der Waals surface area contributed by atoms with E-state index in [0.29, 0.717) is 17.4 Å². The number of oxime groups is 1. The van der Waals surface area contributed by atoms with Crippen molar-refractivity contribution < 1.29 is 25.4 Å². The highest BCUT2D eigenvalue weighted by atomic mass is 35.5. The van der Waals surface area contributed by atoms with E-state index >= 15 is 0 Å². The molecule has 0 aliphatic carbocycles. The van der Waals surface area contributed by atoms with E-state index in [4.69, 9.17) is 20.6 Å². The Morgan fingerprint density at radius 2 is 1.33 bits per heavy atom. The highest BCUT2D eigenvalue weighted by Gasteiger charge is 1.97. The van der Waals surface area contributed by atoms with E-state index in [-0.39, 0.29) is 23.9 Å². The molecular formula is C16H21ClN2O5. The molecule has 8 heteroatoms. The number of nitrogens with zero attached hydrogens (tertiary/aromatic N) is 1. The summed E-state index contributed by atoms with van der Waals surface area (Å²) in [4.78, 5) is 10.2. The number of hydrogen-bond acceptors (Lipinski definition) is 7. The van der Waals surface area contributed by atoms with E-state index in [1.807, 2.05) is 13.8 Å². The molecular weight excluding hydrogens is 336 g/mol. The summed E-state index contributed by atoms with van der Waals surface area (Å²) in [5.41, 5.74) is 2.85. The zero-order valence-corrected chi connectivity index (χ0v) is 14.1. The van der Waals surface area contributed by atoms with Crippen LogP contribution in [0.1, 0.15) is 27.0 Å². The van der Waals surface area contributed by atoms with Crippen LogP contribution in [0.5, 0.6) is 11.5 Å². The summed E-state index contributed by atoms with van der Waals surface area (Å²) in [7, 11) is 0. The van der Waals surface area contributed by atoms with Crippen molar-refractivity contribution in [3.8, 4) is 11.5 Å². The molecule has 0 saturated carbocycles. The van der Waals surface area contributed by atoms with Gasteiger partial charge >= 0.3 is 0 Å². The van der Waals surface area contributed by atoms with Crippen LogP contribution in [0.25, 0.3) is 0 Å². The predicted octanol–water partition coefficient (Wildman–Crippen LogP) is 2.78. The molecule has 2 aromatic rings. The minimum Gasteiger partial charge on any atom is -0.507 e. The average molecular weight is 357 g/mol. The molecule has 0 fully saturated rings. The molecule has 0 atom stereocenters. The van der Waals surface area contributed by atoms with Gasteiger partial charge in [0.25, 0.3) is 0 Å². The lowest BCUT2D eigenvalue weighted by atomic mass is 10.1. The smallest absolute Gasteiger partial charge is 0.153 e. The van der Waals surface area contributed by atoms with Crippen molar-refractivity contribution in [3.63, 3.8) is 0 Å². The largest absolute Gasteiger partial charge is 0.507 e. The Morgan fingerprint density at radius 1 is 0.917 bits per heavy atom. The maximum absolute atomic E-state index is 10.2. The second kappa shape index (κ2) is 12.9. The molecule has 0 aliphatic rings. The number of carbonyl (C=O) groups is 1. The Kier molecular flexibility index (Phi) is 12.7. The van der Waals surface area contributed by atoms with Gasteiger partial charge in [0.1, 0.15) is 11.5 Å². The molecule has 0 saturated heterocycles. The Balaban J connectivity index is 0. The number of nitrogens with two attached hydrogens (primary N) is 1. The summed E-state index contributed by atoms with van der Waals surface area (Å²) in [5, 5.41) is 35.7. The van der Waals surface area contributed by atoms with Crippen molar-refractivity contribution in [3.05, 3.63) is 58.7 Å². The van der Waals surface area contributed by atoms with Gasteiger partial charge in [0, 0.05) is 5.56 Å². The molecule has 0 aromatic heterocycles. The molecule has 2 rings (SSSR count). The zero-order valence-electron chi connectivity index (χ0n) is 13.2. The van der Waals surface area contributed by atoms with Gasteiger partial charge in [-0.15, -0.1) is 12.4 Å². The number of aldehydes is 1. The Hall–Kier alpha value is -2.61. The molecule has 6 N–H and O–H groups in total. The number of halogens is 1. The fourth-order valence-electron chi connectivity index (χ4n) is 1.61. The zero-order chi connectivity index (χ0) is 17.8. The summed E-state index contributed by atoms with van der Waals surface area (Å²) in [5.74, 6) is 3.66. The van der Waals surface area contributed by atoms with Crippen LogP contribution in [-0.4, -0.2) is 33.1 Å². The lowest BCUT2D eigenvalue weighted by Crippen LogP contribution is -1.83. The standard InChI is InChI=1S/C8H9NO2.C8H8O2.ClH.H3NO/c1-6-2-3-8(10)7(4-6)5-9-11;1-6-2-3-8(10)7(4-6)5-9;;1-2/h2-5,10-11H,1H3;2-5,10H,1H3;1H;2H,1H2. The van der Waals surface area contributed by atoms with Crippen LogP contribution in [0.2, 0.25) is 0 Å². The number of rotatable bonds is 2.